The van der Waals surface area contributed by atoms with E-state index in [0.717, 1.165) is 0 Å². The lowest BCUT2D eigenvalue weighted by atomic mass is 10.1. The molecule has 1 N–H and O–H groups in total. The van der Waals surface area contributed by atoms with E-state index in [4.69, 9.17) is 9.84 Å². The van der Waals surface area contributed by atoms with Crippen LogP contribution in [-0.4, -0.2) is 17.0 Å². The standard InChI is InChI=1S/C16H14O4/c1-10-8-13(15(17)18)9-11(2)14(10)20-16(19)12-6-4-3-5-7-12/h3-9H,1-2H3,(H,17,18). The van der Waals surface area contributed by atoms with E-state index < -0.39 is 11.9 Å². The quantitative estimate of drug-likeness (QED) is 0.687. The molecule has 4 nitrogen and oxygen atoms in total. The summed E-state index contributed by atoms with van der Waals surface area (Å²) < 4.78 is 5.36. The van der Waals surface area contributed by atoms with Crippen molar-refractivity contribution in [2.24, 2.45) is 0 Å². The number of carbonyl (C=O) groups is 2. The van der Waals surface area contributed by atoms with Crippen LogP contribution in [0.2, 0.25) is 0 Å². The topological polar surface area (TPSA) is 63.6 Å². The van der Waals surface area contributed by atoms with Crippen molar-refractivity contribution in [1.29, 1.82) is 0 Å². The Morgan fingerprint density at radius 1 is 0.950 bits per heavy atom. The second-order valence-electron chi connectivity index (χ2n) is 4.50. The third kappa shape index (κ3) is 2.85. The fraction of sp³-hybridized carbons (Fsp3) is 0.125. The molecule has 0 heterocycles. The summed E-state index contributed by atoms with van der Waals surface area (Å²) in [4.78, 5) is 23.0. The fourth-order valence-electron chi connectivity index (χ4n) is 1.96. The van der Waals surface area contributed by atoms with Crippen molar-refractivity contribution < 1.29 is 19.4 Å². The Labute approximate surface area is 116 Å². The first kappa shape index (κ1) is 13.8. The molecule has 0 saturated carbocycles. The Hall–Kier alpha value is -2.62. The minimum atomic E-state index is -1.00. The third-order valence-corrected chi connectivity index (χ3v) is 2.91. The molecule has 0 bridgehead atoms. The van der Waals surface area contributed by atoms with Gasteiger partial charge in [0.15, 0.2) is 0 Å². The number of ether oxygens (including phenoxy) is 1. The molecule has 0 amide bonds. The highest BCUT2D eigenvalue weighted by molar-refractivity contribution is 5.92. The minimum Gasteiger partial charge on any atom is -0.478 e. The molecular weight excluding hydrogens is 256 g/mol. The molecule has 0 radical (unpaired) electrons. The average molecular weight is 270 g/mol. The first-order chi connectivity index (χ1) is 9.49. The van der Waals surface area contributed by atoms with Crippen molar-refractivity contribution in [3.63, 3.8) is 0 Å². The lowest BCUT2D eigenvalue weighted by Gasteiger charge is -2.11. The maximum Gasteiger partial charge on any atom is 0.343 e. The molecule has 0 aliphatic carbocycles. The smallest absolute Gasteiger partial charge is 0.343 e. The molecule has 2 rings (SSSR count). The number of carboxylic acids is 1. The summed E-state index contributed by atoms with van der Waals surface area (Å²) in [7, 11) is 0. The molecule has 0 aliphatic rings. The molecule has 0 spiro atoms. The Morgan fingerprint density at radius 2 is 1.50 bits per heavy atom. The lowest BCUT2D eigenvalue weighted by Crippen LogP contribution is -2.11. The van der Waals surface area contributed by atoms with Crippen LogP contribution < -0.4 is 4.74 Å². The van der Waals surface area contributed by atoms with Crippen LogP contribution in [0.5, 0.6) is 5.75 Å². The second-order valence-corrected chi connectivity index (χ2v) is 4.50. The molecule has 2 aromatic rings. The van der Waals surface area contributed by atoms with Crippen molar-refractivity contribution in [2.45, 2.75) is 13.8 Å². The first-order valence-corrected chi connectivity index (χ1v) is 6.11. The summed E-state index contributed by atoms with van der Waals surface area (Å²) in [6, 6.07) is 11.6. The maximum absolute atomic E-state index is 12.0. The van der Waals surface area contributed by atoms with E-state index in [0.29, 0.717) is 22.4 Å². The molecule has 4 heteroatoms. The predicted octanol–water partition coefficient (Wildman–Crippen LogP) is 3.22. The molecule has 0 aliphatic heterocycles. The van der Waals surface area contributed by atoms with Crippen LogP contribution in [0.4, 0.5) is 0 Å². The number of carboxylic acid groups (broad SMARTS) is 1. The third-order valence-electron chi connectivity index (χ3n) is 2.91. The Kier molecular flexibility index (Phi) is 3.84. The number of benzene rings is 2. The molecule has 0 aromatic heterocycles. The summed E-state index contributed by atoms with van der Waals surface area (Å²) in [5.41, 5.74) is 1.87. The van der Waals surface area contributed by atoms with Gasteiger partial charge >= 0.3 is 11.9 Å². The highest BCUT2D eigenvalue weighted by atomic mass is 16.5. The van der Waals surface area contributed by atoms with Gasteiger partial charge in [0.2, 0.25) is 0 Å². The monoisotopic (exact) mass is 270 g/mol. The van der Waals surface area contributed by atoms with Crippen LogP contribution >= 0.6 is 0 Å². The van der Waals surface area contributed by atoms with Gasteiger partial charge in [0.05, 0.1) is 11.1 Å². The van der Waals surface area contributed by atoms with E-state index in [9.17, 15) is 9.59 Å². The van der Waals surface area contributed by atoms with Crippen LogP contribution in [0.1, 0.15) is 31.8 Å². The highest BCUT2D eigenvalue weighted by Gasteiger charge is 2.14. The zero-order chi connectivity index (χ0) is 14.7. The molecule has 102 valence electrons. The van der Waals surface area contributed by atoms with Gasteiger partial charge in [-0.1, -0.05) is 18.2 Å². The van der Waals surface area contributed by atoms with Crippen LogP contribution in [0, 0.1) is 13.8 Å². The normalized spacial score (nSPS) is 10.1. The minimum absolute atomic E-state index is 0.180. The first-order valence-electron chi connectivity index (χ1n) is 6.11. The van der Waals surface area contributed by atoms with Crippen molar-refractivity contribution in [2.75, 3.05) is 0 Å². The SMILES string of the molecule is Cc1cc(C(=O)O)cc(C)c1OC(=O)c1ccccc1. The van der Waals surface area contributed by atoms with Gasteiger partial charge in [-0.25, -0.2) is 9.59 Å². The Balaban J connectivity index is 2.31. The lowest BCUT2D eigenvalue weighted by molar-refractivity contribution is 0.0696. The Bertz CT molecular complexity index is 636. The summed E-state index contributed by atoms with van der Waals surface area (Å²) in [5.74, 6) is -1.05. The van der Waals surface area contributed by atoms with Gasteiger partial charge in [0, 0.05) is 0 Å². The van der Waals surface area contributed by atoms with Gasteiger partial charge in [-0.05, 0) is 49.2 Å². The van der Waals surface area contributed by atoms with Crippen LogP contribution in [-0.2, 0) is 0 Å². The van der Waals surface area contributed by atoms with E-state index in [2.05, 4.69) is 0 Å². The molecule has 20 heavy (non-hydrogen) atoms. The Morgan fingerprint density at radius 3 is 2.00 bits per heavy atom. The van der Waals surface area contributed by atoms with E-state index in [1.807, 2.05) is 6.07 Å². The molecule has 0 fully saturated rings. The van der Waals surface area contributed by atoms with E-state index in [1.54, 1.807) is 38.1 Å². The fourth-order valence-corrected chi connectivity index (χ4v) is 1.96. The van der Waals surface area contributed by atoms with Crippen molar-refractivity contribution in [3.05, 3.63) is 64.7 Å². The summed E-state index contributed by atoms with van der Waals surface area (Å²) in [5, 5.41) is 8.98. The largest absolute Gasteiger partial charge is 0.478 e. The van der Waals surface area contributed by atoms with Crippen LogP contribution in [0.25, 0.3) is 0 Å². The number of rotatable bonds is 3. The van der Waals surface area contributed by atoms with E-state index in [1.165, 1.54) is 12.1 Å². The van der Waals surface area contributed by atoms with E-state index in [-0.39, 0.29) is 5.56 Å². The van der Waals surface area contributed by atoms with Gasteiger partial charge in [-0.15, -0.1) is 0 Å². The molecule has 0 unspecified atom stereocenters. The molecular formula is C16H14O4. The van der Waals surface area contributed by atoms with Crippen LogP contribution in [0.3, 0.4) is 0 Å². The highest BCUT2D eigenvalue weighted by Crippen LogP contribution is 2.25. The van der Waals surface area contributed by atoms with Gasteiger partial charge < -0.3 is 9.84 Å². The summed E-state index contributed by atoms with van der Waals surface area (Å²) >= 11 is 0. The number of esters is 1. The number of hydrogen-bond acceptors (Lipinski definition) is 3. The van der Waals surface area contributed by atoms with Gasteiger partial charge in [-0.3, -0.25) is 0 Å². The summed E-state index contributed by atoms with van der Waals surface area (Å²) in [6.45, 7) is 3.43. The van der Waals surface area contributed by atoms with Crippen molar-refractivity contribution in [3.8, 4) is 5.75 Å². The van der Waals surface area contributed by atoms with Crippen LogP contribution in [0.15, 0.2) is 42.5 Å². The number of aromatic carboxylic acids is 1. The molecule has 0 saturated heterocycles. The summed E-state index contributed by atoms with van der Waals surface area (Å²) in [6.07, 6.45) is 0. The van der Waals surface area contributed by atoms with Gasteiger partial charge in [0.1, 0.15) is 5.75 Å². The number of carbonyl (C=O) groups excluding carboxylic acids is 1. The predicted molar refractivity (Wildman–Crippen MR) is 74.3 cm³/mol. The maximum atomic E-state index is 12.0. The van der Waals surface area contributed by atoms with Crippen molar-refractivity contribution in [1.82, 2.24) is 0 Å². The zero-order valence-corrected chi connectivity index (χ0v) is 11.2. The molecule has 0 atom stereocenters. The second kappa shape index (κ2) is 5.57. The average Bonchev–Trinajstić information content (AvgIpc) is 2.43. The number of aryl methyl sites for hydroxylation is 2. The van der Waals surface area contributed by atoms with Crippen molar-refractivity contribution >= 4 is 11.9 Å². The van der Waals surface area contributed by atoms with E-state index >= 15 is 0 Å². The zero-order valence-electron chi connectivity index (χ0n) is 11.2. The molecule has 2 aromatic carbocycles. The van der Waals surface area contributed by atoms with Gasteiger partial charge in [-0.2, -0.15) is 0 Å². The number of hydrogen-bond donors (Lipinski definition) is 1. The van der Waals surface area contributed by atoms with Gasteiger partial charge in [0.25, 0.3) is 0 Å².